The van der Waals surface area contributed by atoms with E-state index in [1.54, 1.807) is 6.92 Å². The number of esters is 1. The van der Waals surface area contributed by atoms with E-state index in [-0.39, 0.29) is 23.4 Å². The molecule has 0 radical (unpaired) electrons. The number of fused-ring (bicyclic) bond motifs is 2. The van der Waals surface area contributed by atoms with Crippen molar-refractivity contribution in [3.63, 3.8) is 0 Å². The van der Waals surface area contributed by atoms with Crippen LogP contribution in [0.15, 0.2) is 24.3 Å². The second-order valence-corrected chi connectivity index (χ2v) is 9.00. The summed E-state index contributed by atoms with van der Waals surface area (Å²) >= 11 is 0.957. The third-order valence-corrected chi connectivity index (χ3v) is 7.09. The van der Waals surface area contributed by atoms with Gasteiger partial charge in [-0.2, -0.15) is 0 Å². The maximum Gasteiger partial charge on any atom is 0.325 e. The molecule has 0 amide bonds. The van der Waals surface area contributed by atoms with Gasteiger partial charge < -0.3 is 18.9 Å². The first-order valence-corrected chi connectivity index (χ1v) is 11.8. The van der Waals surface area contributed by atoms with Gasteiger partial charge in [-0.3, -0.25) is 4.79 Å². The van der Waals surface area contributed by atoms with Crippen molar-refractivity contribution in [2.45, 2.75) is 20.4 Å². The van der Waals surface area contributed by atoms with Crippen LogP contribution in [-0.4, -0.2) is 48.4 Å². The van der Waals surface area contributed by atoms with E-state index in [1.807, 2.05) is 29.7 Å². The summed E-state index contributed by atoms with van der Waals surface area (Å²) in [6.07, 6.45) is 0. The first kappa shape index (κ1) is 22.7. The van der Waals surface area contributed by atoms with Crippen LogP contribution in [0.1, 0.15) is 12.6 Å². The Morgan fingerprint density at radius 2 is 1.94 bits per heavy atom. The van der Waals surface area contributed by atoms with Crippen molar-refractivity contribution in [3.8, 4) is 10.6 Å². The van der Waals surface area contributed by atoms with Crippen LogP contribution in [0, 0.1) is 24.4 Å². The Bertz CT molecular complexity index is 1410. The Morgan fingerprint density at radius 1 is 1.18 bits per heavy atom. The van der Waals surface area contributed by atoms with Crippen molar-refractivity contribution < 1.29 is 27.4 Å². The topological polar surface area (TPSA) is 56.6 Å². The highest BCUT2D eigenvalue weighted by Gasteiger charge is 2.24. The number of hydrogen-bond acceptors (Lipinski definition) is 6. The summed E-state index contributed by atoms with van der Waals surface area (Å²) in [4.78, 5) is 18.8. The fourth-order valence-corrected chi connectivity index (χ4v) is 5.47. The van der Waals surface area contributed by atoms with E-state index in [0.29, 0.717) is 35.5 Å². The maximum atomic E-state index is 14.4. The van der Waals surface area contributed by atoms with Gasteiger partial charge in [0.05, 0.1) is 24.5 Å². The first-order chi connectivity index (χ1) is 16.4. The lowest BCUT2D eigenvalue weighted by molar-refractivity contribution is -0.143. The van der Waals surface area contributed by atoms with Gasteiger partial charge in [0, 0.05) is 47.0 Å². The fourth-order valence-electron chi connectivity index (χ4n) is 4.39. The molecule has 2 aromatic carbocycles. The molecule has 3 heterocycles. The summed E-state index contributed by atoms with van der Waals surface area (Å²) in [6, 6.07) is 6.42. The molecule has 1 aliphatic rings. The van der Waals surface area contributed by atoms with E-state index >= 15 is 0 Å². The minimum absolute atomic E-state index is 0.0185. The summed E-state index contributed by atoms with van der Waals surface area (Å²) in [6.45, 7) is 6.51. The van der Waals surface area contributed by atoms with Crippen LogP contribution in [-0.2, 0) is 20.8 Å². The summed E-state index contributed by atoms with van der Waals surface area (Å²) in [7, 11) is 0. The second kappa shape index (κ2) is 8.92. The van der Waals surface area contributed by atoms with E-state index in [0.717, 1.165) is 41.0 Å². The number of thiazole rings is 1. The van der Waals surface area contributed by atoms with Crippen molar-refractivity contribution in [2.75, 3.05) is 37.8 Å². The molecule has 0 atom stereocenters. The molecule has 1 saturated heterocycles. The summed E-state index contributed by atoms with van der Waals surface area (Å²) in [5.74, 6) is -3.71. The largest absolute Gasteiger partial charge is 0.465 e. The lowest BCUT2D eigenvalue weighted by atomic mass is 10.1. The van der Waals surface area contributed by atoms with Crippen molar-refractivity contribution in [2.24, 2.45) is 0 Å². The number of ether oxygens (including phenoxy) is 2. The number of hydrogen-bond donors (Lipinski definition) is 0. The van der Waals surface area contributed by atoms with E-state index in [1.165, 1.54) is 0 Å². The van der Waals surface area contributed by atoms with Gasteiger partial charge in [0.15, 0.2) is 11.6 Å². The standard InChI is InChI=1S/C24H22F3N3O3S/c1-3-33-19(31)12-30-13(2)20(24-28-22-21(27)16(25)11-17(26)23(22)34-24)15-10-14(4-5-18(15)30)29-6-8-32-9-7-29/h4-5,10-11H,3,6-9,12H2,1-2H3. The molecule has 1 aliphatic heterocycles. The van der Waals surface area contributed by atoms with Crippen LogP contribution in [0.2, 0.25) is 0 Å². The van der Waals surface area contributed by atoms with Gasteiger partial charge >= 0.3 is 5.97 Å². The molecule has 0 aliphatic carbocycles. The Hall–Kier alpha value is -3.11. The maximum absolute atomic E-state index is 14.4. The van der Waals surface area contributed by atoms with Crippen LogP contribution < -0.4 is 4.90 Å². The van der Waals surface area contributed by atoms with Crippen LogP contribution in [0.3, 0.4) is 0 Å². The Kier molecular flexibility index (Phi) is 5.95. The van der Waals surface area contributed by atoms with Crippen LogP contribution in [0.5, 0.6) is 0 Å². The molecule has 0 unspecified atom stereocenters. The molecule has 178 valence electrons. The highest BCUT2D eigenvalue weighted by atomic mass is 32.1. The van der Waals surface area contributed by atoms with Crippen molar-refractivity contribution in [1.29, 1.82) is 0 Å². The summed E-state index contributed by atoms with van der Waals surface area (Å²) in [5.41, 5.74) is 2.74. The lowest BCUT2D eigenvalue weighted by Gasteiger charge is -2.29. The molecule has 10 heteroatoms. The van der Waals surface area contributed by atoms with Crippen LogP contribution in [0.4, 0.5) is 18.9 Å². The predicted octanol–water partition coefficient (Wildman–Crippen LogP) is 5.04. The van der Waals surface area contributed by atoms with Crippen molar-refractivity contribution in [1.82, 2.24) is 9.55 Å². The number of carbonyl (C=O) groups excluding carboxylic acids is 1. The molecule has 1 fully saturated rings. The lowest BCUT2D eigenvalue weighted by Crippen LogP contribution is -2.36. The van der Waals surface area contributed by atoms with Crippen LogP contribution in [0.25, 0.3) is 31.7 Å². The number of anilines is 1. The number of nitrogens with zero attached hydrogens (tertiary/aromatic N) is 3. The third kappa shape index (κ3) is 3.80. The number of morpholine rings is 1. The zero-order valence-corrected chi connectivity index (χ0v) is 19.5. The molecule has 6 nitrogen and oxygen atoms in total. The normalized spacial score (nSPS) is 14.3. The molecule has 0 saturated carbocycles. The smallest absolute Gasteiger partial charge is 0.325 e. The van der Waals surface area contributed by atoms with Gasteiger partial charge in [-0.05, 0) is 32.0 Å². The van der Waals surface area contributed by atoms with Gasteiger partial charge in [0.25, 0.3) is 0 Å². The van der Waals surface area contributed by atoms with E-state index < -0.39 is 23.4 Å². The minimum Gasteiger partial charge on any atom is -0.465 e. The number of aromatic nitrogens is 2. The summed E-state index contributed by atoms with van der Waals surface area (Å²) < 4.78 is 55.0. The van der Waals surface area contributed by atoms with E-state index in [4.69, 9.17) is 9.47 Å². The molecule has 0 N–H and O–H groups in total. The SMILES string of the molecule is CCOC(=O)Cn1c(C)c(-c2nc3c(F)c(F)cc(F)c3s2)c2cc(N3CCOCC3)ccc21. The Labute approximate surface area is 197 Å². The van der Waals surface area contributed by atoms with Gasteiger partial charge in [-0.25, -0.2) is 18.2 Å². The van der Waals surface area contributed by atoms with E-state index in [9.17, 15) is 18.0 Å². The van der Waals surface area contributed by atoms with Gasteiger partial charge in [0.1, 0.15) is 22.9 Å². The number of rotatable bonds is 5. The van der Waals surface area contributed by atoms with Gasteiger partial charge in [-0.15, -0.1) is 11.3 Å². The molecule has 4 aromatic rings. The summed E-state index contributed by atoms with van der Waals surface area (Å²) in [5, 5.41) is 1.13. The third-order valence-electron chi connectivity index (χ3n) is 6.00. The number of carbonyl (C=O) groups is 1. The minimum atomic E-state index is -1.28. The quantitative estimate of drug-likeness (QED) is 0.290. The molecule has 34 heavy (non-hydrogen) atoms. The first-order valence-electron chi connectivity index (χ1n) is 10.9. The Balaban J connectivity index is 1.72. The molecule has 0 spiro atoms. The van der Waals surface area contributed by atoms with Gasteiger partial charge in [0.2, 0.25) is 0 Å². The average Bonchev–Trinajstić information content (AvgIpc) is 3.38. The molecule has 5 rings (SSSR count). The molecule has 0 bridgehead atoms. The van der Waals surface area contributed by atoms with Gasteiger partial charge in [-0.1, -0.05) is 0 Å². The second-order valence-electron chi connectivity index (χ2n) is 8.00. The van der Waals surface area contributed by atoms with Crippen molar-refractivity contribution >= 4 is 44.1 Å². The number of benzene rings is 2. The average molecular weight is 490 g/mol. The Morgan fingerprint density at radius 3 is 2.68 bits per heavy atom. The molecule has 2 aromatic heterocycles. The molecular formula is C24H22F3N3O3S. The zero-order valence-electron chi connectivity index (χ0n) is 18.7. The fraction of sp³-hybridized carbons (Fsp3) is 0.333. The van der Waals surface area contributed by atoms with Crippen molar-refractivity contribution in [3.05, 3.63) is 47.4 Å². The van der Waals surface area contributed by atoms with Crippen LogP contribution >= 0.6 is 11.3 Å². The predicted molar refractivity (Wildman–Crippen MR) is 125 cm³/mol. The van der Waals surface area contributed by atoms with E-state index in [2.05, 4.69) is 9.88 Å². The monoisotopic (exact) mass is 489 g/mol. The highest BCUT2D eigenvalue weighted by Crippen LogP contribution is 2.41. The molecular weight excluding hydrogens is 467 g/mol. The number of halogens is 3. The zero-order chi connectivity index (χ0) is 24.0. The highest BCUT2D eigenvalue weighted by molar-refractivity contribution is 7.21.